The zero-order chi connectivity index (χ0) is 21.4. The van der Waals surface area contributed by atoms with Crippen LogP contribution in [0.2, 0.25) is 19.6 Å². The molecule has 1 atom stereocenters. The largest absolute Gasteiger partial charge is 0.230 e. The van der Waals surface area contributed by atoms with Gasteiger partial charge >= 0.3 is 0 Å². The lowest BCUT2D eigenvalue weighted by Crippen LogP contribution is -2.44. The van der Waals surface area contributed by atoms with E-state index in [0.717, 1.165) is 31.7 Å². The number of benzene rings is 1. The fourth-order valence-electron chi connectivity index (χ4n) is 6.20. The molecular weight excluding hydrogens is 378 g/mol. The van der Waals surface area contributed by atoms with Gasteiger partial charge in [-0.2, -0.15) is 0 Å². The van der Waals surface area contributed by atoms with E-state index in [1.54, 1.807) is 16.7 Å². The van der Waals surface area contributed by atoms with Crippen molar-refractivity contribution >= 4 is 14.3 Å². The Morgan fingerprint density at radius 1 is 1.07 bits per heavy atom. The van der Waals surface area contributed by atoms with Crippen molar-refractivity contribution in [3.8, 4) is 11.5 Å². The van der Waals surface area contributed by atoms with Crippen molar-refractivity contribution in [1.82, 2.24) is 0 Å². The maximum atomic E-state index is 3.54. The van der Waals surface area contributed by atoms with E-state index in [1.807, 2.05) is 0 Å². The maximum absolute atomic E-state index is 3.54. The highest BCUT2D eigenvalue weighted by atomic mass is 28.3. The number of nitrogens with zero attached hydrogens (tertiary/aromatic N) is 1. The van der Waals surface area contributed by atoms with Crippen molar-refractivity contribution in [1.29, 1.82) is 0 Å². The minimum atomic E-state index is -1.26. The van der Waals surface area contributed by atoms with Crippen LogP contribution < -0.4 is 0 Å². The summed E-state index contributed by atoms with van der Waals surface area (Å²) < 4.78 is 2.69. The molecule has 0 bridgehead atoms. The molecule has 1 nitrogen and oxygen atoms in total. The number of unbranched alkanes of at least 4 members (excludes halogenated alkanes) is 1. The van der Waals surface area contributed by atoms with E-state index < -0.39 is 8.07 Å². The first kappa shape index (κ1) is 21.6. The summed E-state index contributed by atoms with van der Waals surface area (Å²) >= 11 is 0. The zero-order valence-corrected chi connectivity index (χ0v) is 20.9. The molecule has 1 saturated carbocycles. The van der Waals surface area contributed by atoms with Crippen LogP contribution in [0.4, 0.5) is 0 Å². The predicted octanol–water partition coefficient (Wildman–Crippen LogP) is 6.52. The molecule has 1 fully saturated rings. The first-order chi connectivity index (χ1) is 14.2. The van der Waals surface area contributed by atoms with Gasteiger partial charge in [-0.3, -0.25) is 0 Å². The van der Waals surface area contributed by atoms with Gasteiger partial charge in [-0.1, -0.05) is 69.2 Å². The third-order valence-electron chi connectivity index (χ3n) is 7.58. The molecule has 4 rings (SSSR count). The Morgan fingerprint density at radius 2 is 1.80 bits per heavy atom. The molecule has 30 heavy (non-hydrogen) atoms. The molecule has 0 spiro atoms. The Bertz CT molecular complexity index is 912. The molecule has 0 saturated heterocycles. The van der Waals surface area contributed by atoms with E-state index in [-0.39, 0.29) is 11.0 Å². The first-order valence-electron chi connectivity index (χ1n) is 12.2. The molecule has 0 N–H and O–H groups in total. The molecule has 160 valence electrons. The fourth-order valence-corrected chi connectivity index (χ4v) is 6.85. The van der Waals surface area contributed by atoms with E-state index in [0.29, 0.717) is 0 Å². The van der Waals surface area contributed by atoms with Gasteiger partial charge in [-0.25, -0.2) is 4.58 Å². The standard InChI is InChI=1S/C28H40NSi/c1-27(2)26-19-18-23-14-10-11-17-25(23)28(26,24-15-8-6-9-16-24)22-29(27)20-12-7-13-21-30(3,4)5/h10-11,14,17,19,22,24H,6-9,12,15-16,18,20H2,1-5H3/q+1/t28-/m1/s1. The van der Waals surface area contributed by atoms with Crippen molar-refractivity contribution in [3.63, 3.8) is 0 Å². The van der Waals surface area contributed by atoms with Gasteiger partial charge in [0.2, 0.25) is 0 Å². The van der Waals surface area contributed by atoms with Crippen molar-refractivity contribution in [2.45, 2.75) is 95.8 Å². The summed E-state index contributed by atoms with van der Waals surface area (Å²) in [6, 6.07) is 9.29. The Kier molecular flexibility index (Phi) is 5.88. The maximum Gasteiger partial charge on any atom is 0.179 e. The van der Waals surface area contributed by atoms with E-state index >= 15 is 0 Å². The smallest absolute Gasteiger partial charge is 0.179 e. The van der Waals surface area contributed by atoms with Crippen LogP contribution in [0, 0.1) is 17.4 Å². The van der Waals surface area contributed by atoms with Gasteiger partial charge in [0.25, 0.3) is 0 Å². The number of hydrogen-bond acceptors (Lipinski definition) is 0. The SMILES string of the molecule is CC1(C)C2=CCc3ccccc3[C@]2(C2CCCCC2)C=[N+]1CCCC#C[Si](C)(C)C. The average molecular weight is 419 g/mol. The van der Waals surface area contributed by atoms with E-state index in [9.17, 15) is 0 Å². The number of hydrogen-bond donors (Lipinski definition) is 0. The molecule has 2 heteroatoms. The molecule has 2 aliphatic carbocycles. The van der Waals surface area contributed by atoms with Crippen molar-refractivity contribution in [2.24, 2.45) is 5.92 Å². The second-order valence-electron chi connectivity index (χ2n) is 11.2. The Labute approximate surface area is 185 Å². The second-order valence-corrected chi connectivity index (χ2v) is 16.0. The van der Waals surface area contributed by atoms with Crippen LogP contribution in [0.3, 0.4) is 0 Å². The van der Waals surface area contributed by atoms with Gasteiger partial charge < -0.3 is 0 Å². The summed E-state index contributed by atoms with van der Waals surface area (Å²) in [5, 5.41) is 0. The fraction of sp³-hybridized carbons (Fsp3) is 0.607. The molecule has 1 aliphatic heterocycles. The zero-order valence-electron chi connectivity index (χ0n) is 19.9. The number of rotatable bonds is 4. The van der Waals surface area contributed by atoms with Gasteiger partial charge in [0.1, 0.15) is 20.0 Å². The number of allylic oxidation sites excluding steroid dienone is 1. The van der Waals surface area contributed by atoms with Crippen LogP contribution in [0.1, 0.15) is 69.9 Å². The minimum absolute atomic E-state index is 0.0944. The van der Waals surface area contributed by atoms with E-state index in [1.165, 1.54) is 32.1 Å². The summed E-state index contributed by atoms with van der Waals surface area (Å²) in [4.78, 5) is 0. The van der Waals surface area contributed by atoms with Crippen LogP contribution in [-0.4, -0.2) is 30.9 Å². The lowest BCUT2D eigenvalue weighted by atomic mass is 9.57. The second kappa shape index (κ2) is 8.16. The Hall–Kier alpha value is -1.59. The summed E-state index contributed by atoms with van der Waals surface area (Å²) in [6.45, 7) is 13.0. The first-order valence-corrected chi connectivity index (χ1v) is 15.7. The van der Waals surface area contributed by atoms with Gasteiger partial charge in [0.05, 0.1) is 0 Å². The lowest BCUT2D eigenvalue weighted by molar-refractivity contribution is -0.580. The summed E-state index contributed by atoms with van der Waals surface area (Å²) in [5.41, 5.74) is 8.57. The van der Waals surface area contributed by atoms with Crippen LogP contribution in [-0.2, 0) is 11.8 Å². The van der Waals surface area contributed by atoms with Crippen LogP contribution >= 0.6 is 0 Å². The molecule has 1 aromatic rings. The molecule has 0 aromatic heterocycles. The van der Waals surface area contributed by atoms with Crippen molar-refractivity contribution in [3.05, 3.63) is 47.0 Å². The highest BCUT2D eigenvalue weighted by molar-refractivity contribution is 6.83. The summed E-state index contributed by atoms with van der Waals surface area (Å²) in [7, 11) is -1.26. The van der Waals surface area contributed by atoms with Gasteiger partial charge in [0.15, 0.2) is 11.8 Å². The lowest BCUT2D eigenvalue weighted by Gasteiger charge is -2.42. The predicted molar refractivity (Wildman–Crippen MR) is 132 cm³/mol. The van der Waals surface area contributed by atoms with Gasteiger partial charge in [-0.05, 0) is 36.3 Å². The Balaban J connectivity index is 1.69. The van der Waals surface area contributed by atoms with Crippen molar-refractivity contribution in [2.75, 3.05) is 6.54 Å². The molecule has 0 amide bonds. The molecule has 1 heterocycles. The third-order valence-corrected chi connectivity index (χ3v) is 8.51. The molecule has 0 unspecified atom stereocenters. The minimum Gasteiger partial charge on any atom is -0.230 e. The van der Waals surface area contributed by atoms with Crippen LogP contribution in [0.5, 0.6) is 0 Å². The molecule has 3 aliphatic rings. The number of fused-ring (bicyclic) bond motifs is 3. The Morgan fingerprint density at radius 3 is 2.53 bits per heavy atom. The topological polar surface area (TPSA) is 3.01 Å². The van der Waals surface area contributed by atoms with Gasteiger partial charge in [-0.15, -0.1) is 11.5 Å². The monoisotopic (exact) mass is 418 g/mol. The molecule has 1 aromatic carbocycles. The summed E-state index contributed by atoms with van der Waals surface area (Å²) in [5.74, 6) is 4.23. The highest BCUT2D eigenvalue weighted by Gasteiger charge is 2.60. The molecular formula is C28H40NSi+. The van der Waals surface area contributed by atoms with Crippen LogP contribution in [0.15, 0.2) is 35.9 Å². The summed E-state index contributed by atoms with van der Waals surface area (Å²) in [6.07, 6.45) is 15.5. The van der Waals surface area contributed by atoms with E-state index in [2.05, 4.69) is 86.1 Å². The van der Waals surface area contributed by atoms with Gasteiger partial charge in [0, 0.05) is 32.3 Å². The molecule has 0 radical (unpaired) electrons. The van der Waals surface area contributed by atoms with Crippen molar-refractivity contribution < 1.29 is 4.58 Å². The highest BCUT2D eigenvalue weighted by Crippen LogP contribution is 2.54. The normalized spacial score (nSPS) is 25.5. The average Bonchev–Trinajstić information content (AvgIpc) is 2.95. The van der Waals surface area contributed by atoms with E-state index in [4.69, 9.17) is 0 Å². The third kappa shape index (κ3) is 3.87. The van der Waals surface area contributed by atoms with Crippen LogP contribution in [0.25, 0.3) is 0 Å². The quantitative estimate of drug-likeness (QED) is 0.172.